The Balaban J connectivity index is 0.00000352. The van der Waals surface area contributed by atoms with Crippen LogP contribution >= 0.6 is 23.2 Å². The van der Waals surface area contributed by atoms with Crippen LogP contribution in [0.3, 0.4) is 0 Å². The number of nitrogens with zero attached hydrogens (tertiary/aromatic N) is 6. The number of benzene rings is 4. The van der Waals surface area contributed by atoms with Crippen LogP contribution in [0.1, 0.15) is 11.1 Å². The zero-order valence-corrected chi connectivity index (χ0v) is 45.8. The molecular formula is C32H18Cl2N8Na4O14S4. The van der Waals surface area contributed by atoms with Gasteiger partial charge in [-0.15, -0.1) is 0 Å². The van der Waals surface area contributed by atoms with Gasteiger partial charge >= 0.3 is 130 Å². The molecule has 4 aromatic carbocycles. The van der Waals surface area contributed by atoms with Gasteiger partial charge in [-0.1, -0.05) is 24.3 Å². The van der Waals surface area contributed by atoms with Gasteiger partial charge in [0.25, 0.3) is 0 Å². The van der Waals surface area contributed by atoms with Gasteiger partial charge in [0.2, 0.25) is 22.5 Å². The number of nitrogens with one attached hydrogen (secondary N) is 2. The Morgan fingerprint density at radius 2 is 0.781 bits per heavy atom. The van der Waals surface area contributed by atoms with Crippen molar-refractivity contribution in [1.82, 2.24) is 29.9 Å². The third-order valence-electron chi connectivity index (χ3n) is 7.34. The van der Waals surface area contributed by atoms with Crippen molar-refractivity contribution >= 4 is 99.1 Å². The van der Waals surface area contributed by atoms with Gasteiger partial charge in [-0.2, -0.15) is 29.9 Å². The molecule has 0 atom stereocenters. The van der Waals surface area contributed by atoms with E-state index in [4.69, 9.17) is 32.7 Å². The van der Waals surface area contributed by atoms with Crippen LogP contribution in [-0.2, 0) is 40.5 Å². The molecule has 0 aliphatic rings. The van der Waals surface area contributed by atoms with Crippen molar-refractivity contribution in [3.05, 3.63) is 107 Å². The van der Waals surface area contributed by atoms with Gasteiger partial charge in [-0.3, -0.25) is 0 Å². The minimum absolute atomic E-state index is 0. The number of hydrogen-bond donors (Lipinski definition) is 2. The minimum atomic E-state index is -5.22. The molecule has 0 bridgehead atoms. The summed E-state index contributed by atoms with van der Waals surface area (Å²) >= 11 is 12.0. The predicted octanol–water partition coefficient (Wildman–Crippen LogP) is -7.76. The average Bonchev–Trinajstić information content (AvgIpc) is 3.13. The maximum atomic E-state index is 12.3. The fourth-order valence-corrected chi connectivity index (χ4v) is 7.43. The second kappa shape index (κ2) is 23.9. The normalized spacial score (nSPS) is 11.5. The zero-order valence-electron chi connectivity index (χ0n) is 33.0. The molecule has 0 aliphatic heterocycles. The number of ether oxygens (including phenoxy) is 2. The first kappa shape index (κ1) is 58.2. The van der Waals surface area contributed by atoms with Crippen LogP contribution in [-0.4, -0.2) is 81.8 Å². The summed E-state index contributed by atoms with van der Waals surface area (Å²) in [5.41, 5.74) is -0.579. The van der Waals surface area contributed by atoms with E-state index in [0.29, 0.717) is 0 Å². The van der Waals surface area contributed by atoms with Crippen LogP contribution in [0, 0.1) is 0 Å². The summed E-state index contributed by atoms with van der Waals surface area (Å²) in [6, 6.07) is 14.5. The van der Waals surface area contributed by atoms with Gasteiger partial charge < -0.3 is 38.3 Å². The van der Waals surface area contributed by atoms with Crippen molar-refractivity contribution in [3.63, 3.8) is 0 Å². The third kappa shape index (κ3) is 16.4. The third-order valence-corrected chi connectivity index (χ3v) is 11.2. The number of aromatic nitrogens is 6. The largest absolute Gasteiger partial charge is 1.00 e. The smallest absolute Gasteiger partial charge is 0.744 e. The molecule has 0 fully saturated rings. The van der Waals surface area contributed by atoms with E-state index < -0.39 is 82.6 Å². The summed E-state index contributed by atoms with van der Waals surface area (Å²) in [4.78, 5) is 20.6. The molecule has 0 saturated carbocycles. The minimum Gasteiger partial charge on any atom is -0.744 e. The predicted molar refractivity (Wildman–Crippen MR) is 203 cm³/mol. The standard InChI is InChI=1S/C32H22Cl2N8O14S4.4Na/c33-27-37-29(41-31(39-27)55-21-7-11-23(12-8-21)57(43,44)45)35-19-5-3-17(25(15-19)59(49,50)51)1-2-18-4-6-20(16-26(18)60(52,53)54)36-30-38-28(34)40-32(42-30)56-22-9-13-24(14-10-22)58(46,47)48;;;;/h1-16H,(H,43,44,45)(H,46,47,48)(H,49,50,51)(H,52,53,54)(H,35,37,39,41)(H,36,38,40,42);;;;/q;4*+1/p-4. The van der Waals surface area contributed by atoms with E-state index >= 15 is 0 Å². The Bertz CT molecular complexity index is 2940. The maximum Gasteiger partial charge on any atom is 1.00 e. The molecule has 0 amide bonds. The van der Waals surface area contributed by atoms with Crippen molar-refractivity contribution in [2.45, 2.75) is 19.6 Å². The van der Waals surface area contributed by atoms with E-state index in [1.54, 1.807) is 0 Å². The van der Waals surface area contributed by atoms with E-state index in [9.17, 15) is 51.9 Å². The molecule has 0 saturated heterocycles. The Labute approximate surface area is 462 Å². The fourth-order valence-electron chi connectivity index (χ4n) is 4.80. The van der Waals surface area contributed by atoms with Crippen LogP contribution in [0.2, 0.25) is 10.6 Å². The first-order valence-electron chi connectivity index (χ1n) is 15.7. The van der Waals surface area contributed by atoms with Gasteiger partial charge in [0.05, 0.1) is 19.6 Å². The summed E-state index contributed by atoms with van der Waals surface area (Å²) in [5, 5.41) is 4.46. The van der Waals surface area contributed by atoms with Crippen molar-refractivity contribution < 1.29 is 180 Å². The van der Waals surface area contributed by atoms with Gasteiger partial charge in [0, 0.05) is 11.4 Å². The van der Waals surface area contributed by atoms with Crippen molar-refractivity contribution in [2.24, 2.45) is 0 Å². The first-order chi connectivity index (χ1) is 28.0. The molecule has 0 unspecified atom stereocenters. The van der Waals surface area contributed by atoms with Crippen LogP contribution in [0.15, 0.2) is 105 Å². The summed E-state index contributed by atoms with van der Waals surface area (Å²) in [5.74, 6) is -0.586. The molecule has 0 aliphatic carbocycles. The Morgan fingerprint density at radius 1 is 0.453 bits per heavy atom. The average molecular weight is 1030 g/mol. The summed E-state index contributed by atoms with van der Waals surface area (Å²) in [6.07, 6.45) is 2.13. The molecule has 22 nitrogen and oxygen atoms in total. The molecule has 0 radical (unpaired) electrons. The molecule has 312 valence electrons. The molecule has 2 heterocycles. The second-order valence-electron chi connectivity index (χ2n) is 11.5. The number of rotatable bonds is 14. The molecule has 6 aromatic rings. The van der Waals surface area contributed by atoms with Crippen LogP contribution in [0.25, 0.3) is 12.2 Å². The number of halogens is 2. The van der Waals surface area contributed by atoms with Gasteiger partial charge in [0.1, 0.15) is 52.0 Å². The summed E-state index contributed by atoms with van der Waals surface area (Å²) in [7, 11) is -19.9. The maximum absolute atomic E-state index is 12.3. The van der Waals surface area contributed by atoms with Crippen LogP contribution < -0.4 is 138 Å². The molecule has 2 aromatic heterocycles. The Hall–Kier alpha value is -1.94. The van der Waals surface area contributed by atoms with Crippen molar-refractivity contribution in [3.8, 4) is 23.5 Å². The monoisotopic (exact) mass is 1030 g/mol. The van der Waals surface area contributed by atoms with E-state index in [2.05, 4.69) is 40.5 Å². The SMILES string of the molecule is O=S(=O)([O-])c1ccc(Oc2nc(Cl)nc(Nc3ccc(C=Cc4ccc(Nc5nc(Cl)nc(Oc6ccc(S(=O)(=O)[O-])cc6)n5)cc4S(=O)(=O)[O-])c(S(=O)(=O)[O-])c3)n2)cc1.[Na+].[Na+].[Na+].[Na+]. The first-order valence-corrected chi connectivity index (χ1v) is 22.1. The molecule has 64 heavy (non-hydrogen) atoms. The Morgan fingerprint density at radius 3 is 1.08 bits per heavy atom. The molecule has 0 spiro atoms. The van der Waals surface area contributed by atoms with Crippen LogP contribution in [0.4, 0.5) is 23.3 Å². The summed E-state index contributed by atoms with van der Waals surface area (Å²) < 4.78 is 152. The van der Waals surface area contributed by atoms with Crippen LogP contribution in [0.5, 0.6) is 23.5 Å². The molecule has 2 N–H and O–H groups in total. The van der Waals surface area contributed by atoms with Crippen molar-refractivity contribution in [2.75, 3.05) is 10.6 Å². The topological polar surface area (TPSA) is 349 Å². The van der Waals surface area contributed by atoms with E-state index in [1.807, 2.05) is 0 Å². The number of hydrogen-bond acceptors (Lipinski definition) is 22. The van der Waals surface area contributed by atoms with Gasteiger partial charge in [0.15, 0.2) is 0 Å². The Kier molecular flexibility index (Phi) is 21.7. The fraction of sp³-hybridized carbons (Fsp3) is 0. The van der Waals surface area contributed by atoms with Gasteiger partial charge in [-0.05, 0) is 107 Å². The van der Waals surface area contributed by atoms with Gasteiger partial charge in [-0.25, -0.2) is 33.7 Å². The summed E-state index contributed by atoms with van der Waals surface area (Å²) in [6.45, 7) is 0. The van der Waals surface area contributed by atoms with Crippen molar-refractivity contribution in [1.29, 1.82) is 0 Å². The second-order valence-corrected chi connectivity index (χ2v) is 17.6. The zero-order chi connectivity index (χ0) is 43.6. The molecular weight excluding hydrogens is 1010 g/mol. The molecule has 6 rings (SSSR count). The number of anilines is 4. The quantitative estimate of drug-likeness (QED) is 0.0581. The van der Waals surface area contributed by atoms with E-state index in [0.717, 1.165) is 72.8 Å². The molecule has 32 heteroatoms. The van der Waals surface area contributed by atoms with E-state index in [1.165, 1.54) is 24.3 Å². The van der Waals surface area contributed by atoms with E-state index in [-0.39, 0.29) is 164 Å².